The molecule has 1 aromatic carbocycles. The number of benzene rings is 1. The predicted molar refractivity (Wildman–Crippen MR) is 123 cm³/mol. The zero-order valence-corrected chi connectivity index (χ0v) is 19.7. The fourth-order valence-corrected chi connectivity index (χ4v) is 4.64. The fraction of sp³-hybridized carbons (Fsp3) is 0.632. The van der Waals surface area contributed by atoms with Gasteiger partial charge in [-0.05, 0) is 63.3 Å². The molecule has 0 unspecified atom stereocenters. The van der Waals surface area contributed by atoms with E-state index in [9.17, 15) is 13.2 Å². The Kier molecular flexibility index (Phi) is 12.1. The Morgan fingerprint density at radius 2 is 1.69 bits per heavy atom. The first-order chi connectivity index (χ1) is 12.8. The first-order valence-electron chi connectivity index (χ1n) is 9.49. The SMILES string of the molecule is CCN(CC)CCOc1ccc(NC(=O)C2(S(C)(=O)=O)CCNCC2)cc1.Cl.Cl. The highest BCUT2D eigenvalue weighted by Crippen LogP contribution is 2.29. The van der Waals surface area contributed by atoms with E-state index in [0.29, 0.717) is 25.4 Å². The average molecular weight is 470 g/mol. The van der Waals surface area contributed by atoms with E-state index in [2.05, 4.69) is 29.4 Å². The molecular formula is C19H33Cl2N3O4S. The lowest BCUT2D eigenvalue weighted by Gasteiger charge is -2.34. The number of likely N-dealkylation sites (N-methyl/N-ethyl adjacent to an activating group) is 1. The number of amides is 1. The molecule has 0 bridgehead atoms. The van der Waals surface area contributed by atoms with Gasteiger partial charge < -0.3 is 20.3 Å². The minimum absolute atomic E-state index is 0. The summed E-state index contributed by atoms with van der Waals surface area (Å²) < 4.78 is 29.0. The molecule has 0 aromatic heterocycles. The van der Waals surface area contributed by atoms with Gasteiger partial charge in [-0.25, -0.2) is 8.42 Å². The lowest BCUT2D eigenvalue weighted by atomic mass is 9.95. The number of piperidine rings is 1. The molecule has 2 N–H and O–H groups in total. The third kappa shape index (κ3) is 7.29. The Morgan fingerprint density at radius 3 is 2.17 bits per heavy atom. The molecule has 10 heteroatoms. The monoisotopic (exact) mass is 469 g/mol. The second-order valence-electron chi connectivity index (χ2n) is 6.87. The minimum Gasteiger partial charge on any atom is -0.492 e. The summed E-state index contributed by atoms with van der Waals surface area (Å²) in [6.45, 7) is 8.69. The normalized spacial score (nSPS) is 15.7. The Morgan fingerprint density at radius 1 is 1.14 bits per heavy atom. The minimum atomic E-state index is -3.52. The van der Waals surface area contributed by atoms with Crippen LogP contribution in [-0.2, 0) is 14.6 Å². The van der Waals surface area contributed by atoms with E-state index in [-0.39, 0.29) is 37.7 Å². The first-order valence-corrected chi connectivity index (χ1v) is 11.4. The first kappa shape index (κ1) is 27.9. The van der Waals surface area contributed by atoms with Crippen LogP contribution in [0.25, 0.3) is 0 Å². The predicted octanol–water partition coefficient (Wildman–Crippen LogP) is 2.36. The van der Waals surface area contributed by atoms with E-state index in [1.807, 2.05) is 0 Å². The molecule has 1 aliphatic rings. The zero-order valence-electron chi connectivity index (χ0n) is 17.3. The van der Waals surface area contributed by atoms with Crippen molar-refractivity contribution in [2.45, 2.75) is 31.4 Å². The van der Waals surface area contributed by atoms with Crippen molar-refractivity contribution in [1.82, 2.24) is 10.2 Å². The van der Waals surface area contributed by atoms with Gasteiger partial charge in [-0.3, -0.25) is 4.79 Å². The van der Waals surface area contributed by atoms with E-state index >= 15 is 0 Å². The summed E-state index contributed by atoms with van der Waals surface area (Å²) >= 11 is 0. The van der Waals surface area contributed by atoms with E-state index in [0.717, 1.165) is 31.6 Å². The van der Waals surface area contributed by atoms with Crippen LogP contribution in [0, 0.1) is 0 Å². The average Bonchev–Trinajstić information content (AvgIpc) is 2.66. The van der Waals surface area contributed by atoms with Gasteiger partial charge in [0.05, 0.1) is 0 Å². The number of hydrogen-bond donors (Lipinski definition) is 2. The second-order valence-corrected chi connectivity index (χ2v) is 9.20. The van der Waals surface area contributed by atoms with E-state index in [1.54, 1.807) is 24.3 Å². The Balaban J connectivity index is 0.00000392. The van der Waals surface area contributed by atoms with E-state index < -0.39 is 20.5 Å². The van der Waals surface area contributed by atoms with Crippen molar-refractivity contribution in [3.05, 3.63) is 24.3 Å². The van der Waals surface area contributed by atoms with Crippen LogP contribution in [-0.4, -0.2) is 69.6 Å². The van der Waals surface area contributed by atoms with Gasteiger partial charge in [0.25, 0.3) is 0 Å². The highest BCUT2D eigenvalue weighted by molar-refractivity contribution is 7.92. The van der Waals surface area contributed by atoms with Gasteiger partial charge >= 0.3 is 0 Å². The lowest BCUT2D eigenvalue weighted by molar-refractivity contribution is -0.119. The number of sulfone groups is 1. The molecule has 1 fully saturated rings. The lowest BCUT2D eigenvalue weighted by Crippen LogP contribution is -2.55. The Labute approximate surface area is 186 Å². The Hall–Kier alpha value is -1.06. The van der Waals surface area contributed by atoms with Crippen molar-refractivity contribution in [3.8, 4) is 5.75 Å². The number of carbonyl (C=O) groups excluding carboxylic acids is 1. The summed E-state index contributed by atoms with van der Waals surface area (Å²) in [5.74, 6) is 0.265. The number of nitrogens with one attached hydrogen (secondary N) is 2. The van der Waals surface area contributed by atoms with Gasteiger partial charge in [-0.1, -0.05) is 13.8 Å². The number of carbonyl (C=O) groups is 1. The van der Waals surface area contributed by atoms with Crippen molar-refractivity contribution in [1.29, 1.82) is 0 Å². The summed E-state index contributed by atoms with van der Waals surface area (Å²) in [5, 5.41) is 5.88. The molecule has 0 saturated carbocycles. The van der Waals surface area contributed by atoms with Crippen molar-refractivity contribution >= 4 is 46.2 Å². The summed E-state index contributed by atoms with van der Waals surface area (Å²) in [6.07, 6.45) is 1.71. The maximum Gasteiger partial charge on any atom is 0.245 e. The van der Waals surface area contributed by atoms with Crippen LogP contribution in [0.15, 0.2) is 24.3 Å². The van der Waals surface area contributed by atoms with Crippen LogP contribution < -0.4 is 15.4 Å². The third-order valence-corrected chi connectivity index (χ3v) is 7.23. The molecule has 1 aliphatic heterocycles. The molecule has 1 heterocycles. The number of ether oxygens (including phenoxy) is 1. The second kappa shape index (κ2) is 12.6. The Bertz CT molecular complexity index is 719. The van der Waals surface area contributed by atoms with Crippen LogP contribution in [0.2, 0.25) is 0 Å². The number of hydrogen-bond acceptors (Lipinski definition) is 6. The van der Waals surface area contributed by atoms with Crippen molar-refractivity contribution in [3.63, 3.8) is 0 Å². The quantitative estimate of drug-likeness (QED) is 0.576. The fourth-order valence-electron chi connectivity index (χ4n) is 3.31. The van der Waals surface area contributed by atoms with Crippen LogP contribution in [0.4, 0.5) is 5.69 Å². The maximum atomic E-state index is 12.8. The maximum absolute atomic E-state index is 12.8. The molecule has 0 aliphatic carbocycles. The van der Waals surface area contributed by atoms with Crippen LogP contribution >= 0.6 is 24.8 Å². The number of anilines is 1. The van der Waals surface area contributed by atoms with Gasteiger partial charge in [-0.2, -0.15) is 0 Å². The molecule has 0 atom stereocenters. The molecule has 0 radical (unpaired) electrons. The smallest absolute Gasteiger partial charge is 0.245 e. The van der Waals surface area contributed by atoms with E-state index in [4.69, 9.17) is 4.74 Å². The highest BCUT2D eigenvalue weighted by atomic mass is 35.5. The summed E-state index contributed by atoms with van der Waals surface area (Å²) in [7, 11) is -3.52. The molecule has 2 rings (SSSR count). The highest BCUT2D eigenvalue weighted by Gasteiger charge is 2.48. The van der Waals surface area contributed by atoms with Crippen molar-refractivity contribution < 1.29 is 17.9 Å². The molecule has 29 heavy (non-hydrogen) atoms. The van der Waals surface area contributed by atoms with Gasteiger partial charge in [0.1, 0.15) is 12.4 Å². The van der Waals surface area contributed by atoms with E-state index in [1.165, 1.54) is 0 Å². The topological polar surface area (TPSA) is 87.7 Å². The van der Waals surface area contributed by atoms with Gasteiger partial charge in [0.2, 0.25) is 5.91 Å². The number of nitrogens with zero attached hydrogens (tertiary/aromatic N) is 1. The molecule has 7 nitrogen and oxygen atoms in total. The third-order valence-electron chi connectivity index (χ3n) is 5.22. The number of rotatable bonds is 9. The summed E-state index contributed by atoms with van der Waals surface area (Å²) in [5.41, 5.74) is 0.567. The largest absolute Gasteiger partial charge is 0.492 e. The van der Waals surface area contributed by atoms with Gasteiger partial charge in [0, 0.05) is 18.5 Å². The molecule has 1 aromatic rings. The summed E-state index contributed by atoms with van der Waals surface area (Å²) in [4.78, 5) is 15.1. The molecular weight excluding hydrogens is 437 g/mol. The van der Waals surface area contributed by atoms with Gasteiger partial charge in [0.15, 0.2) is 14.6 Å². The molecule has 168 valence electrons. The van der Waals surface area contributed by atoms with Crippen LogP contribution in [0.1, 0.15) is 26.7 Å². The molecule has 1 saturated heterocycles. The van der Waals surface area contributed by atoms with Crippen molar-refractivity contribution in [2.24, 2.45) is 0 Å². The molecule has 0 spiro atoms. The van der Waals surface area contributed by atoms with Gasteiger partial charge in [-0.15, -0.1) is 24.8 Å². The number of halogens is 2. The zero-order chi connectivity index (χ0) is 19.9. The van der Waals surface area contributed by atoms with Crippen molar-refractivity contribution in [2.75, 3.05) is 50.9 Å². The standard InChI is InChI=1S/C19H31N3O4S.2ClH/c1-4-22(5-2)14-15-26-17-8-6-16(7-9-17)21-18(23)19(27(3,24)25)10-12-20-13-11-19;;/h6-9,20H,4-5,10-15H2,1-3H3,(H,21,23);2*1H. The summed E-state index contributed by atoms with van der Waals surface area (Å²) in [6, 6.07) is 7.05. The van der Waals surface area contributed by atoms with Crippen LogP contribution in [0.3, 0.4) is 0 Å². The molecule has 1 amide bonds. The van der Waals surface area contributed by atoms with Crippen LogP contribution in [0.5, 0.6) is 5.75 Å².